The normalized spacial score (nSPS) is 14.0. The van der Waals surface area contributed by atoms with Gasteiger partial charge in [0.2, 0.25) is 0 Å². The molecule has 1 unspecified atom stereocenters. The highest BCUT2D eigenvalue weighted by atomic mass is 35.5. The van der Waals surface area contributed by atoms with E-state index in [-0.39, 0.29) is 18.0 Å². The Kier molecular flexibility index (Phi) is 7.43. The molecule has 4 heteroatoms. The van der Waals surface area contributed by atoms with Crippen molar-refractivity contribution in [1.29, 1.82) is 5.26 Å². The van der Waals surface area contributed by atoms with Gasteiger partial charge in [-0.3, -0.25) is 0 Å². The lowest BCUT2D eigenvalue weighted by atomic mass is 9.85. The van der Waals surface area contributed by atoms with E-state index in [2.05, 4.69) is 48.6 Å². The summed E-state index contributed by atoms with van der Waals surface area (Å²) in [7, 11) is 0. The molecule has 0 bridgehead atoms. The molecule has 3 nitrogen and oxygen atoms in total. The number of hydrogen-bond acceptors (Lipinski definition) is 3. The van der Waals surface area contributed by atoms with E-state index in [0.29, 0.717) is 12.1 Å². The smallest absolute Gasteiger partial charge is 0.0991 e. The first-order chi connectivity index (χ1) is 14.1. The van der Waals surface area contributed by atoms with Crippen molar-refractivity contribution >= 4 is 11.6 Å². The van der Waals surface area contributed by atoms with E-state index >= 15 is 0 Å². The van der Waals surface area contributed by atoms with Crippen molar-refractivity contribution in [3.63, 3.8) is 0 Å². The van der Waals surface area contributed by atoms with E-state index in [1.54, 1.807) is 0 Å². The Hall–Kier alpha value is -2.64. The molecule has 0 saturated carbocycles. The van der Waals surface area contributed by atoms with Crippen molar-refractivity contribution in [1.82, 2.24) is 5.32 Å². The average Bonchev–Trinajstić information content (AvgIpc) is 2.77. The highest BCUT2D eigenvalue weighted by molar-refractivity contribution is 6.30. The summed E-state index contributed by atoms with van der Waals surface area (Å²) < 4.78 is 0. The summed E-state index contributed by atoms with van der Waals surface area (Å²) >= 11 is 6.06. The Labute approximate surface area is 178 Å². The highest BCUT2D eigenvalue weighted by Gasteiger charge is 2.23. The van der Waals surface area contributed by atoms with Gasteiger partial charge in [-0.2, -0.15) is 5.26 Å². The van der Waals surface area contributed by atoms with Crippen LogP contribution in [0, 0.1) is 11.3 Å². The van der Waals surface area contributed by atoms with Gasteiger partial charge in [-0.05, 0) is 54.3 Å². The zero-order valence-corrected chi connectivity index (χ0v) is 17.3. The maximum Gasteiger partial charge on any atom is 0.0991 e. The highest BCUT2D eigenvalue weighted by Crippen LogP contribution is 2.28. The molecule has 0 aliphatic carbocycles. The molecule has 0 aliphatic rings. The molecule has 3 N–H and O–H groups in total. The standard InChI is InChI=1S/C25H26ClN3/c1-18(29-25(17-28)21-7-3-2-4-8-21)24(15-19-10-12-23(26)13-11-19)22-9-5-6-20(14-22)16-27/h2-14,18,24-25,29H,15,17,28H2,1H3/t18-,24+,25?/m0/s1. The minimum absolute atomic E-state index is 0.0677. The minimum Gasteiger partial charge on any atom is -0.329 e. The summed E-state index contributed by atoms with van der Waals surface area (Å²) in [4.78, 5) is 0. The van der Waals surface area contributed by atoms with Crippen LogP contribution in [0.25, 0.3) is 0 Å². The van der Waals surface area contributed by atoms with Crippen LogP contribution < -0.4 is 11.1 Å². The average molecular weight is 404 g/mol. The second-order valence-electron chi connectivity index (χ2n) is 7.33. The first-order valence-corrected chi connectivity index (χ1v) is 10.2. The summed E-state index contributed by atoms with van der Waals surface area (Å²) in [5.41, 5.74) is 10.3. The molecule has 0 amide bonds. The molecule has 0 fully saturated rings. The van der Waals surface area contributed by atoms with E-state index in [9.17, 15) is 5.26 Å². The van der Waals surface area contributed by atoms with Crippen molar-refractivity contribution in [2.24, 2.45) is 5.73 Å². The van der Waals surface area contributed by atoms with Crippen LogP contribution >= 0.6 is 11.6 Å². The van der Waals surface area contributed by atoms with Crippen LogP contribution in [0.2, 0.25) is 5.02 Å². The fourth-order valence-electron chi connectivity index (χ4n) is 3.72. The first kappa shape index (κ1) is 21.1. The maximum atomic E-state index is 9.34. The largest absolute Gasteiger partial charge is 0.329 e. The van der Waals surface area contributed by atoms with Crippen molar-refractivity contribution < 1.29 is 0 Å². The third-order valence-electron chi connectivity index (χ3n) is 5.32. The molecule has 3 aromatic carbocycles. The lowest BCUT2D eigenvalue weighted by Crippen LogP contribution is -2.39. The summed E-state index contributed by atoms with van der Waals surface area (Å²) in [6.07, 6.45) is 0.840. The second-order valence-corrected chi connectivity index (χ2v) is 7.77. The van der Waals surface area contributed by atoms with Crippen LogP contribution in [-0.4, -0.2) is 12.6 Å². The van der Waals surface area contributed by atoms with Gasteiger partial charge < -0.3 is 11.1 Å². The molecular formula is C25H26ClN3. The van der Waals surface area contributed by atoms with Crippen molar-refractivity contribution in [2.45, 2.75) is 31.3 Å². The van der Waals surface area contributed by atoms with E-state index in [1.165, 1.54) is 11.1 Å². The van der Waals surface area contributed by atoms with Gasteiger partial charge in [-0.15, -0.1) is 0 Å². The Balaban J connectivity index is 1.88. The van der Waals surface area contributed by atoms with Crippen LogP contribution in [0.5, 0.6) is 0 Å². The number of rotatable bonds is 8. The Bertz CT molecular complexity index is 948. The van der Waals surface area contributed by atoms with E-state index < -0.39 is 0 Å². The quantitative estimate of drug-likeness (QED) is 0.542. The summed E-state index contributed by atoms with van der Waals surface area (Å²) in [5, 5.41) is 13.8. The predicted molar refractivity (Wildman–Crippen MR) is 120 cm³/mol. The summed E-state index contributed by atoms with van der Waals surface area (Å²) in [6.45, 7) is 2.70. The van der Waals surface area contributed by atoms with E-state index in [0.717, 1.165) is 17.0 Å². The number of nitrogens with two attached hydrogens (primary N) is 1. The molecule has 3 atom stereocenters. The Morgan fingerprint density at radius 3 is 2.31 bits per heavy atom. The van der Waals surface area contributed by atoms with Crippen LogP contribution in [0.4, 0.5) is 0 Å². The lowest BCUT2D eigenvalue weighted by molar-refractivity contribution is 0.402. The third kappa shape index (κ3) is 5.68. The monoisotopic (exact) mass is 403 g/mol. The van der Waals surface area contributed by atoms with Crippen LogP contribution in [0.3, 0.4) is 0 Å². The zero-order valence-electron chi connectivity index (χ0n) is 16.6. The van der Waals surface area contributed by atoms with Gasteiger partial charge in [0, 0.05) is 29.6 Å². The second kappa shape index (κ2) is 10.2. The SMILES string of the molecule is C[C@H](NC(CN)c1ccccc1)[C@@H](Cc1ccc(Cl)cc1)c1cccc(C#N)c1. The topological polar surface area (TPSA) is 61.8 Å². The molecule has 0 aliphatic heterocycles. The molecule has 0 radical (unpaired) electrons. The number of halogens is 1. The Morgan fingerprint density at radius 1 is 0.966 bits per heavy atom. The maximum absolute atomic E-state index is 9.34. The van der Waals surface area contributed by atoms with Crippen molar-refractivity contribution in [2.75, 3.05) is 6.54 Å². The van der Waals surface area contributed by atoms with Crippen LogP contribution in [0.15, 0.2) is 78.9 Å². The first-order valence-electron chi connectivity index (χ1n) is 9.86. The molecule has 3 rings (SSSR count). The number of benzene rings is 3. The number of nitriles is 1. The Morgan fingerprint density at radius 2 is 1.66 bits per heavy atom. The van der Waals surface area contributed by atoms with Gasteiger partial charge in [0.05, 0.1) is 11.6 Å². The van der Waals surface area contributed by atoms with Gasteiger partial charge >= 0.3 is 0 Å². The van der Waals surface area contributed by atoms with Crippen LogP contribution in [0.1, 0.15) is 41.1 Å². The minimum atomic E-state index is 0.0677. The summed E-state index contributed by atoms with van der Waals surface area (Å²) in [6, 6.07) is 28.6. The van der Waals surface area contributed by atoms with Crippen molar-refractivity contribution in [3.8, 4) is 6.07 Å². The molecule has 0 heterocycles. The van der Waals surface area contributed by atoms with Gasteiger partial charge in [0.1, 0.15) is 0 Å². The van der Waals surface area contributed by atoms with Gasteiger partial charge in [0.25, 0.3) is 0 Å². The molecular weight excluding hydrogens is 378 g/mol. The van der Waals surface area contributed by atoms with Crippen molar-refractivity contribution in [3.05, 3.63) is 106 Å². The van der Waals surface area contributed by atoms with Crippen LogP contribution in [-0.2, 0) is 6.42 Å². The fourth-order valence-corrected chi connectivity index (χ4v) is 3.84. The third-order valence-corrected chi connectivity index (χ3v) is 5.57. The lowest BCUT2D eigenvalue weighted by Gasteiger charge is -2.30. The number of hydrogen-bond donors (Lipinski definition) is 2. The zero-order chi connectivity index (χ0) is 20.6. The molecule has 29 heavy (non-hydrogen) atoms. The number of nitrogens with zero attached hydrogens (tertiary/aromatic N) is 1. The molecule has 148 valence electrons. The summed E-state index contributed by atoms with van der Waals surface area (Å²) in [5.74, 6) is 0.183. The van der Waals surface area contributed by atoms with Gasteiger partial charge in [-0.25, -0.2) is 0 Å². The molecule has 0 aromatic heterocycles. The molecule has 0 saturated heterocycles. The molecule has 3 aromatic rings. The fraction of sp³-hybridized carbons (Fsp3) is 0.240. The van der Waals surface area contributed by atoms with E-state index in [1.807, 2.05) is 48.5 Å². The number of nitrogens with one attached hydrogen (secondary N) is 1. The van der Waals surface area contributed by atoms with E-state index in [4.69, 9.17) is 17.3 Å². The van der Waals surface area contributed by atoms with Gasteiger partial charge in [-0.1, -0.05) is 66.2 Å². The molecule has 0 spiro atoms. The van der Waals surface area contributed by atoms with Gasteiger partial charge in [0.15, 0.2) is 0 Å². The predicted octanol–water partition coefficient (Wildman–Crippen LogP) is 5.22.